The fourth-order valence-corrected chi connectivity index (χ4v) is 3.89. The van der Waals surface area contributed by atoms with Crippen LogP contribution in [0.4, 0.5) is 13.2 Å². The van der Waals surface area contributed by atoms with Gasteiger partial charge in [0.1, 0.15) is 17.0 Å². The molecule has 4 heterocycles. The predicted molar refractivity (Wildman–Crippen MR) is 115 cm³/mol. The third-order valence-electron chi connectivity index (χ3n) is 5.54. The molecule has 1 amide bonds. The number of piperidine rings is 1. The molecule has 12 heteroatoms. The van der Waals surface area contributed by atoms with Crippen LogP contribution in [0.15, 0.2) is 30.7 Å². The van der Waals surface area contributed by atoms with Crippen molar-refractivity contribution in [3.8, 4) is 5.75 Å². The quantitative estimate of drug-likeness (QED) is 0.459. The van der Waals surface area contributed by atoms with E-state index in [1.54, 1.807) is 15.8 Å². The maximum Gasteiger partial charge on any atom is 0.437 e. The van der Waals surface area contributed by atoms with Gasteiger partial charge in [-0.15, -0.1) is 0 Å². The summed E-state index contributed by atoms with van der Waals surface area (Å²) in [5, 5.41) is 4.25. The Hall–Kier alpha value is -3.28. The van der Waals surface area contributed by atoms with E-state index in [-0.39, 0.29) is 29.9 Å². The zero-order valence-corrected chi connectivity index (χ0v) is 18.7. The summed E-state index contributed by atoms with van der Waals surface area (Å²) in [7, 11) is 0. The van der Waals surface area contributed by atoms with E-state index in [1.165, 1.54) is 18.3 Å². The second-order valence-corrected chi connectivity index (χ2v) is 7.95. The fourth-order valence-electron chi connectivity index (χ4n) is 3.89. The summed E-state index contributed by atoms with van der Waals surface area (Å²) in [5.74, 6) is -0.712. The summed E-state index contributed by atoms with van der Waals surface area (Å²) in [6.45, 7) is 4.37. The molecule has 9 nitrogen and oxygen atoms in total. The zero-order valence-electron chi connectivity index (χ0n) is 18.7. The van der Waals surface area contributed by atoms with Crippen molar-refractivity contribution < 1.29 is 27.4 Å². The van der Waals surface area contributed by atoms with Gasteiger partial charge in [-0.3, -0.25) is 4.79 Å². The number of pyridine rings is 1. The summed E-state index contributed by atoms with van der Waals surface area (Å²) in [4.78, 5) is 26.9. The summed E-state index contributed by atoms with van der Waals surface area (Å²) in [6, 6.07) is 2.65. The maximum absolute atomic E-state index is 13.2. The first-order valence-corrected chi connectivity index (χ1v) is 11.1. The fraction of sp³-hybridized carbons (Fsp3) is 0.500. The Kier molecular flexibility index (Phi) is 7.25. The second-order valence-electron chi connectivity index (χ2n) is 7.95. The number of hydrogen-bond acceptors (Lipinski definition) is 7. The van der Waals surface area contributed by atoms with Crippen LogP contribution >= 0.6 is 0 Å². The molecule has 0 N–H and O–H groups in total. The predicted octanol–water partition coefficient (Wildman–Crippen LogP) is 3.21. The smallest absolute Gasteiger partial charge is 0.437 e. The highest BCUT2D eigenvalue weighted by molar-refractivity contribution is 5.93. The van der Waals surface area contributed by atoms with Gasteiger partial charge in [0.05, 0.1) is 32.2 Å². The molecule has 1 aliphatic rings. The molecular weight excluding hydrogens is 453 g/mol. The van der Waals surface area contributed by atoms with Gasteiger partial charge in [-0.1, -0.05) is 0 Å². The van der Waals surface area contributed by atoms with Crippen molar-refractivity contribution in [2.24, 2.45) is 5.92 Å². The highest BCUT2D eigenvalue weighted by atomic mass is 19.4. The molecule has 0 aromatic carbocycles. The van der Waals surface area contributed by atoms with Gasteiger partial charge in [0, 0.05) is 31.8 Å². The number of aromatic nitrogens is 5. The third-order valence-corrected chi connectivity index (χ3v) is 5.54. The lowest BCUT2D eigenvalue weighted by molar-refractivity contribution is -0.142. The normalized spacial score (nSPS) is 16.7. The summed E-state index contributed by atoms with van der Waals surface area (Å²) >= 11 is 0. The lowest BCUT2D eigenvalue weighted by Gasteiger charge is -2.32. The molecule has 0 spiro atoms. The number of alkyl halides is 3. The van der Waals surface area contributed by atoms with Crippen LogP contribution < -0.4 is 4.74 Å². The molecule has 182 valence electrons. The molecule has 0 bridgehead atoms. The van der Waals surface area contributed by atoms with Gasteiger partial charge < -0.3 is 14.4 Å². The molecule has 3 aromatic heterocycles. The number of ether oxygens (including phenoxy) is 2. The zero-order chi connectivity index (χ0) is 24.1. The van der Waals surface area contributed by atoms with Crippen LogP contribution in [0.25, 0.3) is 11.2 Å². The van der Waals surface area contributed by atoms with Gasteiger partial charge in [-0.05, 0) is 31.9 Å². The lowest BCUT2D eigenvalue weighted by atomic mass is 9.98. The van der Waals surface area contributed by atoms with Crippen LogP contribution in [-0.2, 0) is 17.5 Å². The van der Waals surface area contributed by atoms with Gasteiger partial charge in [0.15, 0.2) is 11.3 Å². The Bertz CT molecular complexity index is 1140. The van der Waals surface area contributed by atoms with E-state index in [2.05, 4.69) is 20.1 Å². The molecule has 3 aromatic rings. The summed E-state index contributed by atoms with van der Waals surface area (Å²) in [6.07, 6.45) is 0.936. The lowest BCUT2D eigenvalue weighted by Crippen LogP contribution is -2.42. The molecule has 0 radical (unpaired) electrons. The third kappa shape index (κ3) is 5.44. The van der Waals surface area contributed by atoms with Crippen LogP contribution in [0.2, 0.25) is 0 Å². The van der Waals surface area contributed by atoms with E-state index in [0.29, 0.717) is 50.4 Å². The average Bonchev–Trinajstić information content (AvgIpc) is 3.24. The van der Waals surface area contributed by atoms with Crippen molar-refractivity contribution in [2.75, 3.05) is 32.9 Å². The highest BCUT2D eigenvalue weighted by Crippen LogP contribution is 2.34. The van der Waals surface area contributed by atoms with E-state index in [1.807, 2.05) is 6.92 Å². The topological polar surface area (TPSA) is 95.3 Å². The molecule has 1 fully saturated rings. The molecule has 4 rings (SSSR count). The Morgan fingerprint density at radius 2 is 2.12 bits per heavy atom. The largest absolute Gasteiger partial charge is 0.491 e. The number of halogens is 3. The van der Waals surface area contributed by atoms with Crippen LogP contribution in [0, 0.1) is 5.92 Å². The highest BCUT2D eigenvalue weighted by Gasteiger charge is 2.36. The number of hydrogen-bond donors (Lipinski definition) is 0. The van der Waals surface area contributed by atoms with Gasteiger partial charge in [-0.25, -0.2) is 19.6 Å². The molecular formula is C22H25F3N6O3. The van der Waals surface area contributed by atoms with Crippen molar-refractivity contribution in [1.29, 1.82) is 0 Å². The number of amides is 1. The van der Waals surface area contributed by atoms with Crippen LogP contribution in [0.5, 0.6) is 5.75 Å². The molecule has 0 aliphatic carbocycles. The number of nitrogens with zero attached hydrogens (tertiary/aromatic N) is 6. The average molecular weight is 478 g/mol. The van der Waals surface area contributed by atoms with E-state index < -0.39 is 11.9 Å². The monoisotopic (exact) mass is 478 g/mol. The Labute approximate surface area is 193 Å². The number of fused-ring (bicyclic) bond motifs is 1. The van der Waals surface area contributed by atoms with E-state index in [4.69, 9.17) is 9.47 Å². The molecule has 0 saturated carbocycles. The van der Waals surface area contributed by atoms with Gasteiger partial charge in [0.25, 0.3) is 5.91 Å². The van der Waals surface area contributed by atoms with Crippen molar-refractivity contribution in [1.82, 2.24) is 29.6 Å². The standard InChI is InChI=1S/C22H25F3N6O3/c1-2-33-10-9-31-20-16(12-28-31)27-11-17(29-20)21(32)30-8-4-5-15(13-30)14-34-18-6-3-7-26-19(18)22(23,24)25/h3,6-7,11-12,15H,2,4-5,8-10,13-14H2,1H3. The summed E-state index contributed by atoms with van der Waals surface area (Å²) < 4.78 is 51.9. The number of carbonyl (C=O) groups is 1. The molecule has 1 saturated heterocycles. The maximum atomic E-state index is 13.2. The van der Waals surface area contributed by atoms with Crippen molar-refractivity contribution in [3.05, 3.63) is 42.1 Å². The number of rotatable bonds is 8. The minimum absolute atomic E-state index is 0.0491. The van der Waals surface area contributed by atoms with E-state index in [0.717, 1.165) is 12.6 Å². The van der Waals surface area contributed by atoms with E-state index in [9.17, 15) is 18.0 Å². The van der Waals surface area contributed by atoms with Crippen LogP contribution in [0.3, 0.4) is 0 Å². The van der Waals surface area contributed by atoms with Gasteiger partial charge >= 0.3 is 6.18 Å². The summed E-state index contributed by atoms with van der Waals surface area (Å²) in [5.41, 5.74) is 0.218. The minimum Gasteiger partial charge on any atom is -0.491 e. The molecule has 1 aliphatic heterocycles. The van der Waals surface area contributed by atoms with Crippen molar-refractivity contribution in [2.45, 2.75) is 32.5 Å². The van der Waals surface area contributed by atoms with Crippen molar-refractivity contribution >= 4 is 17.1 Å². The molecule has 1 atom stereocenters. The first-order chi connectivity index (χ1) is 16.4. The van der Waals surface area contributed by atoms with Crippen LogP contribution in [0.1, 0.15) is 35.9 Å². The molecule has 1 unspecified atom stereocenters. The Balaban J connectivity index is 1.42. The first-order valence-electron chi connectivity index (χ1n) is 11.1. The Morgan fingerprint density at radius 1 is 1.26 bits per heavy atom. The second kappa shape index (κ2) is 10.3. The van der Waals surface area contributed by atoms with Gasteiger partial charge in [0.2, 0.25) is 0 Å². The first kappa shape index (κ1) is 23.9. The minimum atomic E-state index is -4.60. The van der Waals surface area contributed by atoms with Gasteiger partial charge in [-0.2, -0.15) is 18.3 Å². The van der Waals surface area contributed by atoms with Crippen molar-refractivity contribution in [3.63, 3.8) is 0 Å². The Morgan fingerprint density at radius 3 is 2.91 bits per heavy atom. The van der Waals surface area contributed by atoms with E-state index >= 15 is 0 Å². The number of carbonyl (C=O) groups excluding carboxylic acids is 1. The molecule has 34 heavy (non-hydrogen) atoms. The number of likely N-dealkylation sites (tertiary alicyclic amines) is 1. The van der Waals surface area contributed by atoms with Crippen LogP contribution in [-0.4, -0.2) is 68.4 Å². The SMILES string of the molecule is CCOCCn1ncc2ncc(C(=O)N3CCCC(COc4cccnc4C(F)(F)F)C3)nc21.